The maximum absolute atomic E-state index is 12.3. The van der Waals surface area contributed by atoms with Crippen LogP contribution in [0.2, 0.25) is 0 Å². The molecule has 0 aliphatic rings. The van der Waals surface area contributed by atoms with Gasteiger partial charge in [-0.2, -0.15) is 0 Å². The minimum Gasteiger partial charge on any atom is -0.493 e. The van der Waals surface area contributed by atoms with E-state index in [0.717, 1.165) is 11.8 Å². The number of nitrogens with zero attached hydrogens (tertiary/aromatic N) is 2. The molecule has 0 atom stereocenters. The monoisotopic (exact) mass is 445 g/mol. The molecule has 1 aromatic heterocycles. The molecule has 2 aromatic carbocycles. The number of thioether (sulfide) groups is 1. The van der Waals surface area contributed by atoms with Gasteiger partial charge in [-0.15, -0.1) is 10.2 Å². The van der Waals surface area contributed by atoms with Gasteiger partial charge in [0.05, 0.1) is 39.4 Å². The van der Waals surface area contributed by atoms with Gasteiger partial charge in [0.25, 0.3) is 5.22 Å². The van der Waals surface area contributed by atoms with Gasteiger partial charge in [0.2, 0.25) is 17.5 Å². The van der Waals surface area contributed by atoms with Crippen molar-refractivity contribution in [2.24, 2.45) is 0 Å². The van der Waals surface area contributed by atoms with Crippen LogP contribution in [0.5, 0.6) is 23.0 Å². The third kappa shape index (κ3) is 5.40. The molecule has 1 amide bonds. The van der Waals surface area contributed by atoms with Gasteiger partial charge in [0.1, 0.15) is 5.75 Å². The molecule has 0 fully saturated rings. The first kappa shape index (κ1) is 22.3. The average molecular weight is 445 g/mol. The van der Waals surface area contributed by atoms with E-state index in [1.165, 1.54) is 21.3 Å². The Morgan fingerprint density at radius 1 is 1.03 bits per heavy atom. The van der Waals surface area contributed by atoms with E-state index in [1.807, 2.05) is 19.1 Å². The zero-order valence-corrected chi connectivity index (χ0v) is 18.4. The van der Waals surface area contributed by atoms with Gasteiger partial charge in [-0.25, -0.2) is 0 Å². The molecule has 0 radical (unpaired) electrons. The summed E-state index contributed by atoms with van der Waals surface area (Å²) in [4.78, 5) is 12.3. The zero-order chi connectivity index (χ0) is 22.2. The highest BCUT2D eigenvalue weighted by atomic mass is 32.2. The number of benzene rings is 2. The van der Waals surface area contributed by atoms with Crippen molar-refractivity contribution in [2.75, 3.05) is 39.0 Å². The predicted octanol–water partition coefficient (Wildman–Crippen LogP) is 3.89. The van der Waals surface area contributed by atoms with Crippen molar-refractivity contribution in [2.45, 2.75) is 12.1 Å². The maximum Gasteiger partial charge on any atom is 0.277 e. The van der Waals surface area contributed by atoms with Crippen molar-refractivity contribution in [1.82, 2.24) is 10.2 Å². The molecular formula is C21H23N3O6S. The van der Waals surface area contributed by atoms with E-state index in [9.17, 15) is 4.79 Å². The summed E-state index contributed by atoms with van der Waals surface area (Å²) in [6.07, 6.45) is 0. The fraction of sp³-hybridized carbons (Fsp3) is 0.286. The van der Waals surface area contributed by atoms with Crippen molar-refractivity contribution in [3.8, 4) is 34.5 Å². The second-order valence-corrected chi connectivity index (χ2v) is 6.98. The van der Waals surface area contributed by atoms with Crippen LogP contribution in [0.25, 0.3) is 11.5 Å². The summed E-state index contributed by atoms with van der Waals surface area (Å²) < 4.78 is 27.2. The van der Waals surface area contributed by atoms with Crippen molar-refractivity contribution in [3.63, 3.8) is 0 Å². The number of para-hydroxylation sites is 2. The van der Waals surface area contributed by atoms with Crippen molar-refractivity contribution < 1.29 is 28.2 Å². The van der Waals surface area contributed by atoms with E-state index in [1.54, 1.807) is 24.3 Å². The first-order valence-corrected chi connectivity index (χ1v) is 10.4. The van der Waals surface area contributed by atoms with Gasteiger partial charge >= 0.3 is 0 Å². The Balaban J connectivity index is 1.67. The third-order valence-corrected chi connectivity index (χ3v) is 4.92. The number of rotatable bonds is 10. The van der Waals surface area contributed by atoms with E-state index < -0.39 is 0 Å². The van der Waals surface area contributed by atoms with Crippen LogP contribution in [0.1, 0.15) is 6.92 Å². The molecule has 0 bridgehead atoms. The molecule has 0 spiro atoms. The molecule has 0 saturated carbocycles. The van der Waals surface area contributed by atoms with Crippen LogP contribution in [0.4, 0.5) is 5.69 Å². The van der Waals surface area contributed by atoms with Gasteiger partial charge in [-0.3, -0.25) is 4.79 Å². The number of hydrogen-bond donors (Lipinski definition) is 1. The lowest BCUT2D eigenvalue weighted by atomic mass is 10.2. The van der Waals surface area contributed by atoms with Crippen molar-refractivity contribution in [1.29, 1.82) is 0 Å². The van der Waals surface area contributed by atoms with Crippen LogP contribution >= 0.6 is 11.8 Å². The zero-order valence-electron chi connectivity index (χ0n) is 17.6. The lowest BCUT2D eigenvalue weighted by molar-refractivity contribution is -0.113. The molecule has 9 nitrogen and oxygen atoms in total. The molecule has 0 aliphatic carbocycles. The Labute approximate surface area is 184 Å². The minimum absolute atomic E-state index is 0.0946. The van der Waals surface area contributed by atoms with Crippen LogP contribution in [0, 0.1) is 0 Å². The van der Waals surface area contributed by atoms with Crippen molar-refractivity contribution >= 4 is 23.4 Å². The summed E-state index contributed by atoms with van der Waals surface area (Å²) >= 11 is 1.13. The van der Waals surface area contributed by atoms with Crippen LogP contribution < -0.4 is 24.3 Å². The Morgan fingerprint density at radius 3 is 2.39 bits per heavy atom. The Kier molecular flexibility index (Phi) is 7.60. The summed E-state index contributed by atoms with van der Waals surface area (Å²) in [5.41, 5.74) is 1.21. The second-order valence-electron chi connectivity index (χ2n) is 6.05. The maximum atomic E-state index is 12.3. The Hall–Kier alpha value is -3.40. The summed E-state index contributed by atoms with van der Waals surface area (Å²) in [5, 5.41) is 11.1. The largest absolute Gasteiger partial charge is 0.493 e. The van der Waals surface area contributed by atoms with Gasteiger partial charge in [-0.05, 0) is 31.2 Å². The number of hydrogen-bond acceptors (Lipinski definition) is 9. The number of carbonyl (C=O) groups is 1. The second kappa shape index (κ2) is 10.6. The quantitative estimate of drug-likeness (QED) is 0.465. The fourth-order valence-electron chi connectivity index (χ4n) is 2.75. The Bertz CT molecular complexity index is 1010. The normalized spacial score (nSPS) is 10.5. The Morgan fingerprint density at radius 2 is 1.74 bits per heavy atom. The number of methoxy groups -OCH3 is 3. The molecule has 10 heteroatoms. The molecule has 0 unspecified atom stereocenters. The van der Waals surface area contributed by atoms with E-state index in [2.05, 4.69) is 15.5 Å². The number of anilines is 1. The van der Waals surface area contributed by atoms with Crippen LogP contribution in [0.15, 0.2) is 46.0 Å². The SMILES string of the molecule is CCOc1ccccc1NC(=O)CSc1nnc(-c2cc(OC)c(OC)c(OC)c2)o1. The van der Waals surface area contributed by atoms with Gasteiger partial charge in [0.15, 0.2) is 11.5 Å². The highest BCUT2D eigenvalue weighted by Crippen LogP contribution is 2.41. The van der Waals surface area contributed by atoms with Gasteiger partial charge in [0, 0.05) is 5.56 Å². The molecule has 1 heterocycles. The molecule has 0 saturated heterocycles. The topological polar surface area (TPSA) is 105 Å². The first-order valence-electron chi connectivity index (χ1n) is 9.38. The average Bonchev–Trinajstić information content (AvgIpc) is 3.27. The number of nitrogens with one attached hydrogen (secondary N) is 1. The summed E-state index contributed by atoms with van der Waals surface area (Å²) in [7, 11) is 4.58. The number of ether oxygens (including phenoxy) is 4. The number of carbonyl (C=O) groups excluding carboxylic acids is 1. The van der Waals surface area contributed by atoms with Crippen LogP contribution in [-0.4, -0.2) is 49.8 Å². The molecule has 3 rings (SSSR count). The predicted molar refractivity (Wildman–Crippen MR) is 116 cm³/mol. The molecule has 0 aliphatic heterocycles. The number of aromatic nitrogens is 2. The minimum atomic E-state index is -0.218. The summed E-state index contributed by atoms with van der Waals surface area (Å²) in [5.74, 6) is 2.16. The van der Waals surface area contributed by atoms with Gasteiger partial charge < -0.3 is 28.7 Å². The van der Waals surface area contributed by atoms with Gasteiger partial charge in [-0.1, -0.05) is 23.9 Å². The van der Waals surface area contributed by atoms with Crippen LogP contribution in [0.3, 0.4) is 0 Å². The highest BCUT2D eigenvalue weighted by molar-refractivity contribution is 7.99. The number of amides is 1. The third-order valence-electron chi connectivity index (χ3n) is 4.11. The fourth-order valence-corrected chi connectivity index (χ4v) is 3.32. The molecular weight excluding hydrogens is 422 g/mol. The summed E-state index contributed by atoms with van der Waals surface area (Å²) in [6.45, 7) is 2.39. The van der Waals surface area contributed by atoms with Crippen molar-refractivity contribution in [3.05, 3.63) is 36.4 Å². The molecule has 164 valence electrons. The lowest BCUT2D eigenvalue weighted by Crippen LogP contribution is -2.14. The van der Waals surface area contributed by atoms with E-state index >= 15 is 0 Å². The molecule has 3 aromatic rings. The lowest BCUT2D eigenvalue weighted by Gasteiger charge is -2.12. The highest BCUT2D eigenvalue weighted by Gasteiger charge is 2.18. The van der Waals surface area contributed by atoms with Crippen LogP contribution in [-0.2, 0) is 4.79 Å². The smallest absolute Gasteiger partial charge is 0.277 e. The van der Waals surface area contributed by atoms with E-state index in [0.29, 0.717) is 40.9 Å². The first-order chi connectivity index (χ1) is 15.1. The standard InChI is InChI=1S/C21H23N3O6S/c1-5-29-15-9-7-6-8-14(15)22-18(25)12-31-21-24-23-20(30-21)13-10-16(26-2)19(28-4)17(11-13)27-3/h6-11H,5,12H2,1-4H3,(H,22,25). The molecule has 31 heavy (non-hydrogen) atoms. The van der Waals surface area contributed by atoms with E-state index in [4.69, 9.17) is 23.4 Å². The summed E-state index contributed by atoms with van der Waals surface area (Å²) in [6, 6.07) is 10.7. The molecule has 1 N–H and O–H groups in total. The van der Waals surface area contributed by atoms with E-state index in [-0.39, 0.29) is 22.8 Å².